The highest BCUT2D eigenvalue weighted by molar-refractivity contribution is 7.10. The van der Waals surface area contributed by atoms with Crippen LogP contribution >= 0.6 is 11.3 Å². The number of nitrogens with zero attached hydrogens (tertiary/aromatic N) is 5. The normalized spacial score (nSPS) is 16.1. The van der Waals surface area contributed by atoms with Gasteiger partial charge in [-0.05, 0) is 34.7 Å². The summed E-state index contributed by atoms with van der Waals surface area (Å²) in [6, 6.07) is 9.16. The van der Waals surface area contributed by atoms with Gasteiger partial charge in [0.05, 0.1) is 17.3 Å². The van der Waals surface area contributed by atoms with E-state index in [1.165, 1.54) is 17.7 Å². The van der Waals surface area contributed by atoms with Crippen LogP contribution in [0.2, 0.25) is 0 Å². The Hall–Kier alpha value is -3.60. The van der Waals surface area contributed by atoms with Crippen LogP contribution < -0.4 is 5.73 Å². The Kier molecular flexibility index (Phi) is 4.54. The van der Waals surface area contributed by atoms with Crippen LogP contribution in [0.25, 0.3) is 22.6 Å². The largest absolute Gasteiger partial charge is 0.451 e. The second-order valence-corrected chi connectivity index (χ2v) is 7.79. The molecule has 156 valence electrons. The molecule has 5 rings (SSSR count). The maximum atomic E-state index is 13.0. The van der Waals surface area contributed by atoms with Crippen LogP contribution in [-0.2, 0) is 12.6 Å². The van der Waals surface area contributed by atoms with Crippen LogP contribution in [0.1, 0.15) is 28.0 Å². The van der Waals surface area contributed by atoms with Crippen LogP contribution in [0.4, 0.5) is 13.2 Å². The lowest BCUT2D eigenvalue weighted by Gasteiger charge is -2.20. The highest BCUT2D eigenvalue weighted by Gasteiger charge is 2.36. The lowest BCUT2D eigenvalue weighted by molar-refractivity contribution is -0.145. The summed E-state index contributed by atoms with van der Waals surface area (Å²) in [5.74, 6) is -0.628. The first kappa shape index (κ1) is 19.4. The number of amidine groups is 1. The van der Waals surface area contributed by atoms with Crippen LogP contribution in [0.5, 0.6) is 0 Å². The zero-order chi connectivity index (χ0) is 21.6. The molecule has 2 N–H and O–H groups in total. The highest BCUT2D eigenvalue weighted by Crippen LogP contribution is 2.36. The van der Waals surface area contributed by atoms with Gasteiger partial charge in [-0.1, -0.05) is 12.1 Å². The number of benzene rings is 1. The number of hydrogen-bond donors (Lipinski definition) is 1. The van der Waals surface area contributed by atoms with Crippen molar-refractivity contribution in [3.63, 3.8) is 0 Å². The Labute approximate surface area is 177 Å². The van der Waals surface area contributed by atoms with Crippen LogP contribution in [-0.4, -0.2) is 26.0 Å². The third-order valence-electron chi connectivity index (χ3n) is 4.83. The monoisotopic (exact) mass is 442 g/mol. The van der Waals surface area contributed by atoms with E-state index in [1.807, 2.05) is 35.7 Å². The molecule has 1 aliphatic heterocycles. The number of hydrogen-bond acceptors (Lipinski definition) is 8. The maximum Gasteiger partial charge on any atom is 0.451 e. The van der Waals surface area contributed by atoms with Crippen molar-refractivity contribution in [2.75, 3.05) is 0 Å². The molecule has 0 radical (unpaired) electrons. The molecule has 0 amide bonds. The molecule has 31 heavy (non-hydrogen) atoms. The molecule has 4 aromatic rings. The van der Waals surface area contributed by atoms with Gasteiger partial charge in [-0.25, -0.2) is 9.97 Å². The first-order valence-corrected chi connectivity index (χ1v) is 9.98. The molecule has 0 bridgehead atoms. The molecule has 4 heterocycles. The molecule has 0 saturated carbocycles. The fourth-order valence-corrected chi connectivity index (χ4v) is 4.32. The van der Waals surface area contributed by atoms with Gasteiger partial charge < -0.3 is 10.2 Å². The summed E-state index contributed by atoms with van der Waals surface area (Å²) in [6.45, 7) is 0. The number of fused-ring (bicyclic) bond motifs is 1. The van der Waals surface area contributed by atoms with Gasteiger partial charge in [0.1, 0.15) is 5.84 Å². The fraction of sp³-hybridized carbons (Fsp3) is 0.150. The highest BCUT2D eigenvalue weighted by atomic mass is 32.1. The standard InChI is InChI=1S/C20H13F3N6OS/c21-20(22,23)19-25-7-13-14(28-19)6-15(27-17(13)24)16-5-12(8-31-16)10-2-1-3-11(4-10)18-29-26-9-30-18/h1-5,7-9,15H,6H2,(H2,24,27). The Morgan fingerprint density at radius 1 is 1.13 bits per heavy atom. The predicted molar refractivity (Wildman–Crippen MR) is 107 cm³/mol. The summed E-state index contributed by atoms with van der Waals surface area (Å²) >= 11 is 1.46. The first-order chi connectivity index (χ1) is 14.9. The molecule has 1 aromatic carbocycles. The van der Waals surface area contributed by atoms with E-state index in [0.29, 0.717) is 11.5 Å². The number of halogens is 3. The van der Waals surface area contributed by atoms with Gasteiger partial charge in [-0.15, -0.1) is 21.5 Å². The van der Waals surface area contributed by atoms with Crippen molar-refractivity contribution < 1.29 is 17.6 Å². The van der Waals surface area contributed by atoms with E-state index in [1.54, 1.807) is 0 Å². The Bertz CT molecular complexity index is 1280. The van der Waals surface area contributed by atoms with Crippen LogP contribution in [0.15, 0.2) is 57.7 Å². The summed E-state index contributed by atoms with van der Waals surface area (Å²) in [4.78, 5) is 12.4. The second kappa shape index (κ2) is 7.27. The summed E-state index contributed by atoms with van der Waals surface area (Å²) in [5, 5.41) is 9.57. The fourth-order valence-electron chi connectivity index (χ4n) is 3.36. The topological polar surface area (TPSA) is 103 Å². The Morgan fingerprint density at radius 3 is 2.74 bits per heavy atom. The minimum absolute atomic E-state index is 0.133. The number of alkyl halides is 3. The van der Waals surface area contributed by atoms with Gasteiger partial charge in [0, 0.05) is 23.1 Å². The number of aromatic nitrogens is 4. The molecular formula is C20H13F3N6OS. The predicted octanol–water partition coefficient (Wildman–Crippen LogP) is 4.28. The lowest BCUT2D eigenvalue weighted by Crippen LogP contribution is -2.26. The van der Waals surface area contributed by atoms with Crippen molar-refractivity contribution in [2.45, 2.75) is 18.6 Å². The summed E-state index contributed by atoms with van der Waals surface area (Å²) in [6.07, 6.45) is -2.05. The SMILES string of the molecule is NC1=NC(c2cc(-c3cccc(-c4nnco4)c3)cs2)Cc2nc(C(F)(F)F)ncc21. The zero-order valence-electron chi connectivity index (χ0n) is 15.7. The van der Waals surface area contributed by atoms with E-state index in [4.69, 9.17) is 10.2 Å². The van der Waals surface area contributed by atoms with E-state index < -0.39 is 18.0 Å². The van der Waals surface area contributed by atoms with Gasteiger partial charge >= 0.3 is 6.18 Å². The zero-order valence-corrected chi connectivity index (χ0v) is 16.5. The number of rotatable bonds is 3. The Morgan fingerprint density at radius 2 is 1.97 bits per heavy atom. The molecule has 3 aromatic heterocycles. The van der Waals surface area contributed by atoms with E-state index in [9.17, 15) is 13.2 Å². The molecule has 1 unspecified atom stereocenters. The molecular weight excluding hydrogens is 429 g/mol. The van der Waals surface area contributed by atoms with Crippen molar-refractivity contribution in [1.29, 1.82) is 0 Å². The number of nitrogens with two attached hydrogens (primary N) is 1. The smallest absolute Gasteiger partial charge is 0.423 e. The minimum atomic E-state index is -4.62. The van der Waals surface area contributed by atoms with E-state index in [0.717, 1.165) is 27.8 Å². The lowest BCUT2D eigenvalue weighted by atomic mass is 10.00. The number of thiophene rings is 1. The third kappa shape index (κ3) is 3.67. The molecule has 1 atom stereocenters. The van der Waals surface area contributed by atoms with Gasteiger partial charge in [0.2, 0.25) is 18.1 Å². The van der Waals surface area contributed by atoms with Crippen molar-refractivity contribution in [1.82, 2.24) is 20.2 Å². The van der Waals surface area contributed by atoms with Crippen LogP contribution in [0, 0.1) is 0 Å². The Balaban J connectivity index is 1.45. The van der Waals surface area contributed by atoms with Crippen molar-refractivity contribution in [2.24, 2.45) is 10.7 Å². The summed E-state index contributed by atoms with van der Waals surface area (Å²) < 4.78 is 44.2. The second-order valence-electron chi connectivity index (χ2n) is 6.85. The molecule has 0 aliphatic carbocycles. The van der Waals surface area contributed by atoms with Crippen molar-refractivity contribution in [3.05, 3.63) is 70.3 Å². The molecule has 0 fully saturated rings. The van der Waals surface area contributed by atoms with Crippen molar-refractivity contribution in [3.8, 4) is 22.6 Å². The number of aliphatic imine (C=N–C) groups is 1. The minimum Gasteiger partial charge on any atom is -0.423 e. The van der Waals surface area contributed by atoms with Gasteiger partial charge in [-0.3, -0.25) is 4.99 Å². The van der Waals surface area contributed by atoms with Crippen LogP contribution in [0.3, 0.4) is 0 Å². The van der Waals surface area contributed by atoms with E-state index >= 15 is 0 Å². The quantitative estimate of drug-likeness (QED) is 0.508. The van der Waals surface area contributed by atoms with Gasteiger partial charge in [-0.2, -0.15) is 13.2 Å². The summed E-state index contributed by atoms with van der Waals surface area (Å²) in [5.41, 5.74) is 9.25. The molecule has 11 heteroatoms. The average molecular weight is 442 g/mol. The van der Waals surface area contributed by atoms with E-state index in [-0.39, 0.29) is 18.0 Å². The summed E-state index contributed by atoms with van der Waals surface area (Å²) in [7, 11) is 0. The van der Waals surface area contributed by atoms with Gasteiger partial charge in [0.25, 0.3) is 0 Å². The maximum absolute atomic E-state index is 13.0. The van der Waals surface area contributed by atoms with E-state index in [2.05, 4.69) is 25.2 Å². The molecule has 7 nitrogen and oxygen atoms in total. The third-order valence-corrected chi connectivity index (χ3v) is 5.86. The van der Waals surface area contributed by atoms with Crippen molar-refractivity contribution >= 4 is 17.2 Å². The average Bonchev–Trinajstić information content (AvgIpc) is 3.45. The first-order valence-electron chi connectivity index (χ1n) is 9.10. The molecule has 1 aliphatic rings. The molecule has 0 saturated heterocycles. The molecule has 0 spiro atoms. The van der Waals surface area contributed by atoms with Gasteiger partial charge in [0.15, 0.2) is 0 Å².